The predicted octanol–water partition coefficient (Wildman–Crippen LogP) is 3.78. The van der Waals surface area contributed by atoms with Crippen LogP contribution in [0.15, 0.2) is 28.4 Å². The maximum Gasteiger partial charge on any atom is 0.167 e. The number of benzene rings is 1. The summed E-state index contributed by atoms with van der Waals surface area (Å²) in [5.74, 6) is 0. The Morgan fingerprint density at radius 3 is 2.88 bits per heavy atom. The van der Waals surface area contributed by atoms with Crippen LogP contribution in [-0.2, 0) is 0 Å². The SMILES string of the molecule is CCC1CN(c2ccc(N=O)c(C)c2)C(I)=N1. The Kier molecular flexibility index (Phi) is 3.76. The number of hydrogen-bond acceptors (Lipinski definition) is 4. The lowest BCUT2D eigenvalue weighted by Crippen LogP contribution is -2.25. The molecule has 0 amide bonds. The second-order valence-corrected chi connectivity index (χ2v) is 5.10. The van der Waals surface area contributed by atoms with Crippen molar-refractivity contribution >= 4 is 37.8 Å². The Balaban J connectivity index is 2.27. The van der Waals surface area contributed by atoms with Crippen molar-refractivity contribution in [2.75, 3.05) is 11.4 Å². The summed E-state index contributed by atoms with van der Waals surface area (Å²) in [5, 5.41) is 2.99. The molecule has 0 spiro atoms. The topological polar surface area (TPSA) is 45.0 Å². The van der Waals surface area contributed by atoms with Crippen LogP contribution in [0.5, 0.6) is 0 Å². The Labute approximate surface area is 114 Å². The van der Waals surface area contributed by atoms with Gasteiger partial charge in [-0.3, -0.25) is 4.99 Å². The van der Waals surface area contributed by atoms with Gasteiger partial charge in [-0.25, -0.2) is 0 Å². The van der Waals surface area contributed by atoms with Crippen molar-refractivity contribution in [1.29, 1.82) is 0 Å². The summed E-state index contributed by atoms with van der Waals surface area (Å²) in [7, 11) is 0. The van der Waals surface area contributed by atoms with Crippen LogP contribution in [0.25, 0.3) is 0 Å². The van der Waals surface area contributed by atoms with Crippen molar-refractivity contribution in [3.63, 3.8) is 0 Å². The molecule has 5 heteroatoms. The Bertz CT molecular complexity index is 473. The van der Waals surface area contributed by atoms with Gasteiger partial charge in [0, 0.05) is 12.2 Å². The molecule has 0 saturated heterocycles. The van der Waals surface area contributed by atoms with Crippen molar-refractivity contribution in [1.82, 2.24) is 0 Å². The van der Waals surface area contributed by atoms with Crippen LogP contribution in [0.1, 0.15) is 18.9 Å². The number of nitrogens with zero attached hydrogens (tertiary/aromatic N) is 3. The highest BCUT2D eigenvalue weighted by molar-refractivity contribution is 14.1. The molecule has 1 atom stereocenters. The van der Waals surface area contributed by atoms with Gasteiger partial charge in [0.1, 0.15) is 5.69 Å². The molecule has 17 heavy (non-hydrogen) atoms. The highest BCUT2D eigenvalue weighted by Gasteiger charge is 2.23. The van der Waals surface area contributed by atoms with E-state index in [9.17, 15) is 4.91 Å². The molecule has 1 heterocycles. The van der Waals surface area contributed by atoms with Crippen LogP contribution in [0.3, 0.4) is 0 Å². The van der Waals surface area contributed by atoms with Gasteiger partial charge < -0.3 is 4.90 Å². The summed E-state index contributed by atoms with van der Waals surface area (Å²) in [6, 6.07) is 6.06. The third kappa shape index (κ3) is 2.48. The third-order valence-corrected chi connectivity index (χ3v) is 3.83. The number of halogens is 1. The second kappa shape index (κ2) is 5.12. The Morgan fingerprint density at radius 2 is 2.35 bits per heavy atom. The fourth-order valence-corrected chi connectivity index (χ4v) is 2.76. The average molecular weight is 343 g/mol. The number of nitroso groups, excluding NO2 is 1. The van der Waals surface area contributed by atoms with Crippen LogP contribution in [0.4, 0.5) is 11.4 Å². The summed E-state index contributed by atoms with van der Waals surface area (Å²) in [5.41, 5.74) is 2.49. The summed E-state index contributed by atoms with van der Waals surface area (Å²) < 4.78 is 1.01. The molecule has 0 bridgehead atoms. The van der Waals surface area contributed by atoms with Crippen LogP contribution < -0.4 is 4.90 Å². The standard InChI is InChI=1S/C12H14IN3O/c1-3-9-7-16(12(13)14-9)10-4-5-11(15-17)8(2)6-10/h4-6,9H,3,7H2,1-2H3. The highest BCUT2D eigenvalue weighted by atomic mass is 127. The van der Waals surface area contributed by atoms with Gasteiger partial charge in [0.05, 0.1) is 6.04 Å². The predicted molar refractivity (Wildman–Crippen MR) is 79.5 cm³/mol. The molecule has 0 saturated carbocycles. The summed E-state index contributed by atoms with van der Waals surface area (Å²) >= 11 is 2.26. The van der Waals surface area contributed by atoms with Crippen molar-refractivity contribution < 1.29 is 0 Å². The number of rotatable bonds is 3. The molecule has 1 aromatic rings. The molecule has 1 aromatic carbocycles. The van der Waals surface area contributed by atoms with Crippen LogP contribution in [0.2, 0.25) is 0 Å². The van der Waals surface area contributed by atoms with Gasteiger partial charge in [-0.05, 0) is 64.9 Å². The molecule has 0 radical (unpaired) electrons. The minimum absolute atomic E-state index is 0.381. The van der Waals surface area contributed by atoms with E-state index in [1.807, 2.05) is 19.1 Å². The normalized spacial score (nSPS) is 19.4. The number of amidine groups is 1. The van der Waals surface area contributed by atoms with Crippen molar-refractivity contribution in [2.24, 2.45) is 10.2 Å². The second-order valence-electron chi connectivity index (χ2n) is 4.13. The zero-order valence-corrected chi connectivity index (χ0v) is 12.0. The van der Waals surface area contributed by atoms with Crippen molar-refractivity contribution in [3.8, 4) is 0 Å². The molecule has 0 fully saturated rings. The average Bonchev–Trinajstić information content (AvgIpc) is 2.70. The van der Waals surface area contributed by atoms with E-state index in [1.165, 1.54) is 0 Å². The molecule has 0 N–H and O–H groups in total. The number of aliphatic imine (C=N–C) groups is 1. The maximum absolute atomic E-state index is 10.5. The van der Waals surface area contributed by atoms with Gasteiger partial charge in [0.25, 0.3) is 0 Å². The van der Waals surface area contributed by atoms with E-state index in [0.717, 1.165) is 28.1 Å². The first-order valence-corrected chi connectivity index (χ1v) is 6.68. The molecule has 4 nitrogen and oxygen atoms in total. The van der Waals surface area contributed by atoms with Gasteiger partial charge in [-0.2, -0.15) is 0 Å². The highest BCUT2D eigenvalue weighted by Crippen LogP contribution is 2.28. The molecular weight excluding hydrogens is 329 g/mol. The van der Waals surface area contributed by atoms with Gasteiger partial charge in [0.15, 0.2) is 3.84 Å². The number of anilines is 1. The lowest BCUT2D eigenvalue weighted by atomic mass is 10.1. The minimum Gasteiger partial charge on any atom is -0.319 e. The molecule has 1 aliphatic rings. The van der Waals surface area contributed by atoms with E-state index >= 15 is 0 Å². The molecule has 1 aliphatic heterocycles. The van der Waals surface area contributed by atoms with E-state index in [4.69, 9.17) is 0 Å². The Hall–Kier alpha value is -0.980. The van der Waals surface area contributed by atoms with Crippen LogP contribution in [0, 0.1) is 11.8 Å². The molecular formula is C12H14IN3O. The van der Waals surface area contributed by atoms with Crippen LogP contribution >= 0.6 is 22.6 Å². The third-order valence-electron chi connectivity index (χ3n) is 2.97. The Morgan fingerprint density at radius 1 is 1.59 bits per heavy atom. The van der Waals surface area contributed by atoms with Crippen LogP contribution in [-0.4, -0.2) is 16.4 Å². The minimum atomic E-state index is 0.381. The quantitative estimate of drug-likeness (QED) is 0.476. The molecule has 0 aliphatic carbocycles. The van der Waals surface area contributed by atoms with E-state index in [-0.39, 0.29) is 0 Å². The van der Waals surface area contributed by atoms with Gasteiger partial charge in [0.2, 0.25) is 0 Å². The smallest absolute Gasteiger partial charge is 0.167 e. The largest absolute Gasteiger partial charge is 0.319 e. The molecule has 1 unspecified atom stereocenters. The zero-order valence-electron chi connectivity index (χ0n) is 9.85. The molecule has 2 rings (SSSR count). The van der Waals surface area contributed by atoms with Gasteiger partial charge >= 0.3 is 0 Å². The van der Waals surface area contributed by atoms with Gasteiger partial charge in [-0.15, -0.1) is 4.91 Å². The monoisotopic (exact) mass is 343 g/mol. The fraction of sp³-hybridized carbons (Fsp3) is 0.417. The summed E-state index contributed by atoms with van der Waals surface area (Å²) in [4.78, 5) is 17.3. The summed E-state index contributed by atoms with van der Waals surface area (Å²) in [6.07, 6.45) is 1.05. The van der Waals surface area contributed by atoms with Gasteiger partial charge in [-0.1, -0.05) is 6.92 Å². The summed E-state index contributed by atoms with van der Waals surface area (Å²) in [6.45, 7) is 4.96. The fourth-order valence-electron chi connectivity index (χ4n) is 1.89. The maximum atomic E-state index is 10.5. The number of aryl methyl sites for hydroxylation is 1. The lowest BCUT2D eigenvalue weighted by Gasteiger charge is -2.18. The lowest BCUT2D eigenvalue weighted by molar-refractivity contribution is 0.693. The molecule has 90 valence electrons. The first-order chi connectivity index (χ1) is 8.15. The zero-order chi connectivity index (χ0) is 12.4. The first kappa shape index (κ1) is 12.5. The van der Waals surface area contributed by atoms with E-state index in [0.29, 0.717) is 11.7 Å². The first-order valence-electron chi connectivity index (χ1n) is 5.60. The van der Waals surface area contributed by atoms with E-state index < -0.39 is 0 Å². The van der Waals surface area contributed by atoms with E-state index in [1.54, 1.807) is 6.07 Å². The van der Waals surface area contributed by atoms with Crippen molar-refractivity contribution in [3.05, 3.63) is 28.7 Å². The molecule has 0 aromatic heterocycles. The number of hydrogen-bond donors (Lipinski definition) is 0. The van der Waals surface area contributed by atoms with E-state index in [2.05, 4.69) is 44.6 Å². The van der Waals surface area contributed by atoms with Crippen molar-refractivity contribution in [2.45, 2.75) is 26.3 Å².